The molecule has 11 rings (SSSR count). The fourth-order valence-electron chi connectivity index (χ4n) is 9.06. The minimum atomic E-state index is 1.09. The Morgan fingerprint density at radius 3 is 1.52 bits per heavy atom. The van der Waals surface area contributed by atoms with Crippen LogP contribution in [-0.2, 0) is 0 Å². The molecule has 58 heavy (non-hydrogen) atoms. The van der Waals surface area contributed by atoms with Crippen LogP contribution >= 0.6 is 0 Å². The molecule has 0 saturated heterocycles. The molecule has 2 nitrogen and oxygen atoms in total. The number of fused-ring (bicyclic) bond motifs is 6. The first-order valence-electron chi connectivity index (χ1n) is 19.9. The average molecular weight is 739 g/mol. The van der Waals surface area contributed by atoms with Crippen molar-refractivity contribution in [1.82, 2.24) is 4.57 Å². The van der Waals surface area contributed by atoms with Gasteiger partial charge in [-0.25, -0.2) is 0 Å². The summed E-state index contributed by atoms with van der Waals surface area (Å²) in [4.78, 5) is 2.40. The molecule has 0 unspecified atom stereocenters. The van der Waals surface area contributed by atoms with E-state index >= 15 is 0 Å². The van der Waals surface area contributed by atoms with E-state index in [1.165, 1.54) is 71.2 Å². The third kappa shape index (κ3) is 5.57. The Balaban J connectivity index is 1.16. The fourth-order valence-corrected chi connectivity index (χ4v) is 9.06. The lowest BCUT2D eigenvalue weighted by atomic mass is 9.85. The molecule has 0 N–H and O–H groups in total. The normalized spacial score (nSPS) is 11.4. The van der Waals surface area contributed by atoms with Crippen molar-refractivity contribution in [1.29, 1.82) is 0 Å². The lowest BCUT2D eigenvalue weighted by molar-refractivity contribution is 1.18. The molecule has 11 aromatic rings. The van der Waals surface area contributed by atoms with Gasteiger partial charge in [0.25, 0.3) is 0 Å². The van der Waals surface area contributed by atoms with E-state index in [9.17, 15) is 0 Å². The standard InChI is InChI=1S/C56H38N2/c1-5-19-39(20-6-1)54-50-31-14-13-29-47(50)48-36-35-45(38-52(48)55(54)40-21-7-2-8-22-40)57(42-24-9-3-10-25-42)44-28-17-23-41(37-44)46-32-18-33-51-49-30-15-16-34-53(49)58(56(46)51)43-26-11-4-12-27-43/h1-38H. The second-order valence-electron chi connectivity index (χ2n) is 14.9. The summed E-state index contributed by atoms with van der Waals surface area (Å²) in [6.45, 7) is 0. The van der Waals surface area contributed by atoms with Gasteiger partial charge >= 0.3 is 0 Å². The highest BCUT2D eigenvalue weighted by atomic mass is 15.1. The van der Waals surface area contributed by atoms with Crippen LogP contribution < -0.4 is 4.90 Å². The Kier molecular flexibility index (Phi) is 8.19. The van der Waals surface area contributed by atoms with Gasteiger partial charge in [-0.1, -0.05) is 176 Å². The van der Waals surface area contributed by atoms with Crippen molar-refractivity contribution in [2.75, 3.05) is 4.90 Å². The highest BCUT2D eigenvalue weighted by molar-refractivity contribution is 6.22. The number of benzene rings is 10. The summed E-state index contributed by atoms with van der Waals surface area (Å²) in [6.07, 6.45) is 0. The van der Waals surface area contributed by atoms with Crippen LogP contribution in [0, 0.1) is 0 Å². The average Bonchev–Trinajstić information content (AvgIpc) is 3.65. The van der Waals surface area contributed by atoms with Crippen LogP contribution in [-0.4, -0.2) is 4.57 Å². The molecule has 2 heteroatoms. The van der Waals surface area contributed by atoms with Crippen molar-refractivity contribution in [2.24, 2.45) is 0 Å². The Morgan fingerprint density at radius 2 is 0.793 bits per heavy atom. The third-order valence-corrected chi connectivity index (χ3v) is 11.5. The van der Waals surface area contributed by atoms with Gasteiger partial charge in [0.2, 0.25) is 0 Å². The number of anilines is 3. The van der Waals surface area contributed by atoms with E-state index in [2.05, 4.69) is 240 Å². The number of nitrogens with zero attached hydrogens (tertiary/aromatic N) is 2. The zero-order valence-corrected chi connectivity index (χ0v) is 31.8. The largest absolute Gasteiger partial charge is 0.310 e. The van der Waals surface area contributed by atoms with Crippen LogP contribution in [0.4, 0.5) is 17.1 Å². The minimum Gasteiger partial charge on any atom is -0.310 e. The number of aromatic nitrogens is 1. The summed E-state index contributed by atoms with van der Waals surface area (Å²) >= 11 is 0. The van der Waals surface area contributed by atoms with Crippen LogP contribution in [0.3, 0.4) is 0 Å². The quantitative estimate of drug-likeness (QED) is 0.148. The molecule has 0 saturated carbocycles. The second kappa shape index (κ2) is 14.1. The van der Waals surface area contributed by atoms with Gasteiger partial charge in [-0.05, 0) is 104 Å². The lowest BCUT2D eigenvalue weighted by Crippen LogP contribution is -2.10. The minimum absolute atomic E-state index is 1.09. The van der Waals surface area contributed by atoms with E-state index in [1.807, 2.05) is 0 Å². The molecule has 1 heterocycles. The van der Waals surface area contributed by atoms with Crippen molar-refractivity contribution in [2.45, 2.75) is 0 Å². The summed E-state index contributed by atoms with van der Waals surface area (Å²) in [5, 5.41) is 7.44. The van der Waals surface area contributed by atoms with Crippen LogP contribution in [0.1, 0.15) is 0 Å². The first kappa shape index (κ1) is 33.6. The number of hydrogen-bond acceptors (Lipinski definition) is 1. The monoisotopic (exact) mass is 738 g/mol. The van der Waals surface area contributed by atoms with Gasteiger partial charge in [0.1, 0.15) is 0 Å². The Morgan fingerprint density at radius 1 is 0.293 bits per heavy atom. The molecule has 0 amide bonds. The number of para-hydroxylation sites is 4. The predicted molar refractivity (Wildman–Crippen MR) is 247 cm³/mol. The molecule has 0 radical (unpaired) electrons. The van der Waals surface area contributed by atoms with Crippen LogP contribution in [0.5, 0.6) is 0 Å². The molecule has 0 aliphatic rings. The van der Waals surface area contributed by atoms with Gasteiger partial charge in [-0.3, -0.25) is 0 Å². The van der Waals surface area contributed by atoms with Crippen molar-refractivity contribution in [3.05, 3.63) is 231 Å². The van der Waals surface area contributed by atoms with Crippen molar-refractivity contribution < 1.29 is 0 Å². The SMILES string of the molecule is c1ccc(-c2c(-c3ccccc3)c3cc(N(c4ccccc4)c4cccc(-c5cccc6c7ccccc7n(-c7ccccc7)c56)c4)ccc3c3ccccc23)cc1. The molecular weight excluding hydrogens is 701 g/mol. The first-order chi connectivity index (χ1) is 28.8. The zero-order chi connectivity index (χ0) is 38.4. The van der Waals surface area contributed by atoms with Gasteiger partial charge in [0.15, 0.2) is 0 Å². The molecule has 0 atom stereocenters. The van der Waals surface area contributed by atoms with Crippen molar-refractivity contribution >= 4 is 60.4 Å². The van der Waals surface area contributed by atoms with E-state index in [0.717, 1.165) is 28.3 Å². The van der Waals surface area contributed by atoms with Gasteiger partial charge in [0.05, 0.1) is 11.0 Å². The summed E-state index contributed by atoms with van der Waals surface area (Å²) in [5.41, 5.74) is 14.1. The molecule has 272 valence electrons. The van der Waals surface area contributed by atoms with Crippen LogP contribution in [0.25, 0.3) is 82.4 Å². The highest BCUT2D eigenvalue weighted by Gasteiger charge is 2.21. The predicted octanol–water partition coefficient (Wildman–Crippen LogP) is 15.6. The van der Waals surface area contributed by atoms with E-state index in [1.54, 1.807) is 0 Å². The highest BCUT2D eigenvalue weighted by Crippen LogP contribution is 2.47. The summed E-state index contributed by atoms with van der Waals surface area (Å²) in [7, 11) is 0. The van der Waals surface area contributed by atoms with Crippen LogP contribution in [0.15, 0.2) is 231 Å². The smallest absolute Gasteiger partial charge is 0.0619 e. The van der Waals surface area contributed by atoms with Crippen molar-refractivity contribution in [3.8, 4) is 39.1 Å². The van der Waals surface area contributed by atoms with E-state index in [4.69, 9.17) is 0 Å². The summed E-state index contributed by atoms with van der Waals surface area (Å²) in [6, 6.07) is 83.6. The van der Waals surface area contributed by atoms with Crippen LogP contribution in [0.2, 0.25) is 0 Å². The zero-order valence-electron chi connectivity index (χ0n) is 31.8. The number of hydrogen-bond donors (Lipinski definition) is 0. The summed E-state index contributed by atoms with van der Waals surface area (Å²) in [5.74, 6) is 0. The lowest BCUT2D eigenvalue weighted by Gasteiger charge is -2.27. The first-order valence-corrected chi connectivity index (χ1v) is 19.9. The Labute approximate surface area is 338 Å². The maximum atomic E-state index is 2.42. The molecule has 1 aromatic heterocycles. The van der Waals surface area contributed by atoms with Crippen molar-refractivity contribution in [3.63, 3.8) is 0 Å². The van der Waals surface area contributed by atoms with Gasteiger partial charge in [-0.2, -0.15) is 0 Å². The van der Waals surface area contributed by atoms with Gasteiger partial charge in [-0.15, -0.1) is 0 Å². The van der Waals surface area contributed by atoms with E-state index in [-0.39, 0.29) is 0 Å². The number of rotatable bonds is 7. The molecular formula is C56H38N2. The van der Waals surface area contributed by atoms with Gasteiger partial charge < -0.3 is 9.47 Å². The maximum Gasteiger partial charge on any atom is 0.0619 e. The molecule has 10 aromatic carbocycles. The molecule has 0 bridgehead atoms. The van der Waals surface area contributed by atoms with Gasteiger partial charge in [0, 0.05) is 39.1 Å². The third-order valence-electron chi connectivity index (χ3n) is 11.5. The Bertz CT molecular complexity index is 3260. The Hall–Kier alpha value is -7.68. The molecule has 0 aliphatic heterocycles. The fraction of sp³-hybridized carbons (Fsp3) is 0. The van der Waals surface area contributed by atoms with E-state index in [0.29, 0.717) is 0 Å². The second-order valence-corrected chi connectivity index (χ2v) is 14.9. The topological polar surface area (TPSA) is 8.17 Å². The summed E-state index contributed by atoms with van der Waals surface area (Å²) < 4.78 is 2.42. The molecule has 0 fully saturated rings. The maximum absolute atomic E-state index is 2.42. The molecule has 0 aliphatic carbocycles. The molecule has 0 spiro atoms. The van der Waals surface area contributed by atoms with E-state index < -0.39 is 0 Å².